The molecule has 1 aliphatic heterocycles. The number of ketones is 1. The van der Waals surface area contributed by atoms with Crippen molar-refractivity contribution in [1.82, 2.24) is 4.90 Å². The number of carbonyl (C=O) groups is 2. The van der Waals surface area contributed by atoms with Crippen LogP contribution >= 0.6 is 0 Å². The molecule has 0 radical (unpaired) electrons. The first-order valence-corrected chi connectivity index (χ1v) is 9.72. The predicted molar refractivity (Wildman–Crippen MR) is 99.3 cm³/mol. The molecule has 1 amide bonds. The molecule has 2 N–H and O–H groups in total. The first kappa shape index (κ1) is 19.2. The first-order valence-electron chi connectivity index (χ1n) is 9.72. The number of likely N-dealkylation sites (N-methyl/N-ethyl adjacent to an activating group) is 1. The standard InChI is InChI=1S/C21H31NO4/c1-11-6-9-15-14(10-11)8-7-12(2)21(15,4)19(25)16-18(24)17(13(3)23)22(5)20(16)26/h7-8,11-15,17,23,25H,6,9-10H2,1-5H3/b19-16-. The van der Waals surface area contributed by atoms with E-state index in [2.05, 4.69) is 19.1 Å². The summed E-state index contributed by atoms with van der Waals surface area (Å²) in [7, 11) is 1.51. The summed E-state index contributed by atoms with van der Waals surface area (Å²) in [5, 5.41) is 21.2. The molecule has 5 heteroatoms. The van der Waals surface area contributed by atoms with Crippen LogP contribution in [0.3, 0.4) is 0 Å². The number of aliphatic hydroxyl groups is 2. The lowest BCUT2D eigenvalue weighted by Crippen LogP contribution is -2.45. The second-order valence-corrected chi connectivity index (χ2v) is 8.83. The third-order valence-corrected chi connectivity index (χ3v) is 7.20. The van der Waals surface area contributed by atoms with Crippen LogP contribution in [0.15, 0.2) is 23.5 Å². The van der Waals surface area contributed by atoms with E-state index in [0.717, 1.165) is 19.3 Å². The van der Waals surface area contributed by atoms with Crippen molar-refractivity contribution in [2.24, 2.45) is 29.1 Å². The quantitative estimate of drug-likeness (QED) is 0.343. The van der Waals surface area contributed by atoms with E-state index in [0.29, 0.717) is 11.8 Å². The summed E-state index contributed by atoms with van der Waals surface area (Å²) in [4.78, 5) is 26.8. The second kappa shape index (κ2) is 6.52. The maximum atomic E-state index is 12.9. The van der Waals surface area contributed by atoms with Crippen LogP contribution in [0.4, 0.5) is 0 Å². The summed E-state index contributed by atoms with van der Waals surface area (Å²) in [5.74, 6) is 0.219. The maximum absolute atomic E-state index is 12.9. The predicted octanol–water partition coefficient (Wildman–Crippen LogP) is 2.85. The van der Waals surface area contributed by atoms with Gasteiger partial charge in [-0.15, -0.1) is 0 Å². The normalized spacial score (nSPS) is 43.5. The monoisotopic (exact) mass is 361 g/mol. The van der Waals surface area contributed by atoms with Crippen molar-refractivity contribution >= 4 is 11.7 Å². The van der Waals surface area contributed by atoms with Crippen LogP contribution in [0.2, 0.25) is 0 Å². The SMILES string of the molecule is CC1CCC2C(C=CC(C)C2(C)/C(O)=C2\C(=O)C(C(C)O)N(C)C2=O)C1. The van der Waals surface area contributed by atoms with E-state index in [4.69, 9.17) is 0 Å². The van der Waals surface area contributed by atoms with E-state index < -0.39 is 29.3 Å². The highest BCUT2D eigenvalue weighted by Gasteiger charge is 2.54. The van der Waals surface area contributed by atoms with Crippen molar-refractivity contribution in [3.63, 3.8) is 0 Å². The van der Waals surface area contributed by atoms with E-state index in [1.54, 1.807) is 0 Å². The lowest BCUT2D eigenvalue weighted by molar-refractivity contribution is -0.128. The van der Waals surface area contributed by atoms with E-state index in [1.165, 1.54) is 18.9 Å². The molecule has 0 bridgehead atoms. The van der Waals surface area contributed by atoms with E-state index in [9.17, 15) is 19.8 Å². The van der Waals surface area contributed by atoms with Crippen molar-refractivity contribution in [1.29, 1.82) is 0 Å². The Balaban J connectivity index is 2.08. The van der Waals surface area contributed by atoms with Gasteiger partial charge in [0.15, 0.2) is 5.78 Å². The van der Waals surface area contributed by atoms with Crippen LogP contribution in [-0.4, -0.2) is 46.0 Å². The molecule has 3 aliphatic rings. The molecule has 0 aromatic rings. The number of hydrogen-bond acceptors (Lipinski definition) is 4. The molecule has 3 rings (SSSR count). The van der Waals surface area contributed by atoms with Gasteiger partial charge in [-0.3, -0.25) is 9.59 Å². The fourth-order valence-electron chi connectivity index (χ4n) is 5.38. The van der Waals surface area contributed by atoms with Crippen molar-refractivity contribution in [2.45, 2.75) is 59.1 Å². The van der Waals surface area contributed by atoms with Gasteiger partial charge < -0.3 is 15.1 Å². The lowest BCUT2D eigenvalue weighted by atomic mass is 9.54. The highest BCUT2D eigenvalue weighted by molar-refractivity contribution is 6.27. The number of amides is 1. The second-order valence-electron chi connectivity index (χ2n) is 8.83. The number of aliphatic hydroxyl groups excluding tert-OH is 2. The average molecular weight is 361 g/mol. The Morgan fingerprint density at radius 3 is 2.50 bits per heavy atom. The molecular formula is C21H31NO4. The molecule has 7 unspecified atom stereocenters. The molecule has 2 fully saturated rings. The van der Waals surface area contributed by atoms with Gasteiger partial charge in [-0.05, 0) is 43.4 Å². The molecule has 5 nitrogen and oxygen atoms in total. The van der Waals surface area contributed by atoms with Gasteiger partial charge in [-0.2, -0.15) is 0 Å². The Hall–Kier alpha value is -1.62. The molecule has 1 saturated carbocycles. The van der Waals surface area contributed by atoms with Crippen molar-refractivity contribution < 1.29 is 19.8 Å². The fourth-order valence-corrected chi connectivity index (χ4v) is 5.38. The highest BCUT2D eigenvalue weighted by atomic mass is 16.3. The van der Waals surface area contributed by atoms with Crippen molar-refractivity contribution in [3.8, 4) is 0 Å². The fraction of sp³-hybridized carbons (Fsp3) is 0.714. The summed E-state index contributed by atoms with van der Waals surface area (Å²) in [6.45, 7) is 7.79. The zero-order chi connectivity index (χ0) is 19.4. The minimum Gasteiger partial charge on any atom is -0.511 e. The van der Waals surface area contributed by atoms with Gasteiger partial charge in [0.1, 0.15) is 17.4 Å². The zero-order valence-electron chi connectivity index (χ0n) is 16.4. The van der Waals surface area contributed by atoms with Gasteiger partial charge in [0.25, 0.3) is 5.91 Å². The molecule has 1 heterocycles. The van der Waals surface area contributed by atoms with Crippen molar-refractivity contribution in [2.75, 3.05) is 7.05 Å². The van der Waals surface area contributed by atoms with Gasteiger partial charge in [0.2, 0.25) is 0 Å². The Morgan fingerprint density at radius 2 is 1.92 bits per heavy atom. The number of allylic oxidation sites excluding steroid dienone is 3. The molecule has 144 valence electrons. The third-order valence-electron chi connectivity index (χ3n) is 7.20. The lowest BCUT2D eigenvalue weighted by Gasteiger charge is -2.50. The molecule has 2 aliphatic carbocycles. The van der Waals surface area contributed by atoms with Crippen LogP contribution in [0.5, 0.6) is 0 Å². The maximum Gasteiger partial charge on any atom is 0.261 e. The number of Topliss-reactive ketones (excluding diaryl/α,β-unsaturated/α-hetero) is 1. The number of fused-ring (bicyclic) bond motifs is 1. The summed E-state index contributed by atoms with van der Waals surface area (Å²) in [6.07, 6.45) is 6.56. The molecule has 0 aromatic heterocycles. The highest BCUT2D eigenvalue weighted by Crippen LogP contribution is 2.55. The van der Waals surface area contributed by atoms with Gasteiger partial charge in [-0.25, -0.2) is 0 Å². The zero-order valence-corrected chi connectivity index (χ0v) is 16.4. The summed E-state index contributed by atoms with van der Waals surface area (Å²) < 4.78 is 0. The van der Waals surface area contributed by atoms with E-state index in [1.807, 2.05) is 13.8 Å². The summed E-state index contributed by atoms with van der Waals surface area (Å²) >= 11 is 0. The molecule has 0 spiro atoms. The minimum atomic E-state index is -0.971. The molecule has 7 atom stereocenters. The minimum absolute atomic E-state index is 0.0289. The van der Waals surface area contributed by atoms with Crippen LogP contribution < -0.4 is 0 Å². The molecule has 0 aromatic carbocycles. The summed E-state index contributed by atoms with van der Waals surface area (Å²) in [6, 6.07) is -0.917. The van der Waals surface area contributed by atoms with Gasteiger partial charge >= 0.3 is 0 Å². The number of nitrogens with zero attached hydrogens (tertiary/aromatic N) is 1. The Labute approximate surface area is 155 Å². The van der Waals surface area contributed by atoms with Crippen LogP contribution in [-0.2, 0) is 9.59 Å². The Bertz CT molecular complexity index is 679. The molecule has 1 saturated heterocycles. The molecular weight excluding hydrogens is 330 g/mol. The van der Waals surface area contributed by atoms with Crippen LogP contribution in [0.25, 0.3) is 0 Å². The topological polar surface area (TPSA) is 77.8 Å². The largest absolute Gasteiger partial charge is 0.511 e. The van der Waals surface area contributed by atoms with Gasteiger partial charge in [0, 0.05) is 12.5 Å². The van der Waals surface area contributed by atoms with Crippen molar-refractivity contribution in [3.05, 3.63) is 23.5 Å². The first-order chi connectivity index (χ1) is 12.1. The van der Waals surface area contributed by atoms with E-state index in [-0.39, 0.29) is 23.2 Å². The van der Waals surface area contributed by atoms with Crippen LogP contribution in [0, 0.1) is 29.1 Å². The average Bonchev–Trinajstić information content (AvgIpc) is 2.79. The molecule has 26 heavy (non-hydrogen) atoms. The van der Waals surface area contributed by atoms with Crippen LogP contribution in [0.1, 0.15) is 47.0 Å². The Kier molecular flexibility index (Phi) is 4.80. The Morgan fingerprint density at radius 1 is 1.27 bits per heavy atom. The summed E-state index contributed by atoms with van der Waals surface area (Å²) in [5.41, 5.74) is -0.769. The van der Waals surface area contributed by atoms with Gasteiger partial charge in [0.05, 0.1) is 6.10 Å². The number of rotatable bonds is 2. The number of hydrogen-bond donors (Lipinski definition) is 2. The number of likely N-dealkylation sites (tertiary alicyclic amines) is 1. The number of carbonyl (C=O) groups excluding carboxylic acids is 2. The third kappa shape index (κ3) is 2.63. The van der Waals surface area contributed by atoms with Gasteiger partial charge in [-0.1, -0.05) is 39.3 Å². The smallest absolute Gasteiger partial charge is 0.261 e. The van der Waals surface area contributed by atoms with E-state index >= 15 is 0 Å².